The summed E-state index contributed by atoms with van der Waals surface area (Å²) in [4.78, 5) is 35.5. The third-order valence-corrected chi connectivity index (χ3v) is 3.69. The third-order valence-electron chi connectivity index (χ3n) is 3.69. The Morgan fingerprint density at radius 3 is 2.33 bits per heavy atom. The molecule has 0 unspecified atom stereocenters. The molecule has 0 spiro atoms. The van der Waals surface area contributed by atoms with Crippen molar-refractivity contribution in [2.75, 3.05) is 13.7 Å². The fourth-order valence-electron chi connectivity index (χ4n) is 1.97. The Kier molecular flexibility index (Phi) is 7.91. The number of esters is 2. The first-order valence-corrected chi connectivity index (χ1v) is 7.67. The predicted octanol–water partition coefficient (Wildman–Crippen LogP) is 1.04. The lowest BCUT2D eigenvalue weighted by atomic mass is 9.99. The Bertz CT molecular complexity index is 569. The van der Waals surface area contributed by atoms with Crippen molar-refractivity contribution in [3.8, 4) is 0 Å². The maximum atomic E-state index is 11.9. The molecule has 1 rings (SSSR count). The number of nitrogens with one attached hydrogen (secondary N) is 1. The second-order valence-corrected chi connectivity index (χ2v) is 5.39. The summed E-state index contributed by atoms with van der Waals surface area (Å²) < 4.78 is 9.60. The summed E-state index contributed by atoms with van der Waals surface area (Å²) >= 11 is 0. The highest BCUT2D eigenvalue weighted by Crippen LogP contribution is 2.09. The van der Waals surface area contributed by atoms with Crippen molar-refractivity contribution in [2.24, 2.45) is 5.92 Å². The highest BCUT2D eigenvalue weighted by Gasteiger charge is 2.27. The van der Waals surface area contributed by atoms with E-state index < -0.39 is 30.5 Å². The van der Waals surface area contributed by atoms with Gasteiger partial charge in [-0.15, -0.1) is 0 Å². The van der Waals surface area contributed by atoms with Crippen molar-refractivity contribution in [2.45, 2.75) is 32.9 Å². The minimum Gasteiger partial charge on any atom is -0.467 e. The van der Waals surface area contributed by atoms with Gasteiger partial charge in [0, 0.05) is 0 Å². The highest BCUT2D eigenvalue weighted by molar-refractivity contribution is 5.92. The van der Waals surface area contributed by atoms with Gasteiger partial charge in [-0.25, -0.2) is 9.59 Å². The molecule has 0 aliphatic heterocycles. The predicted molar refractivity (Wildman–Crippen MR) is 86.0 cm³/mol. The topological polar surface area (TPSA) is 102 Å². The average molecular weight is 337 g/mol. The largest absolute Gasteiger partial charge is 0.467 e. The first-order valence-electron chi connectivity index (χ1n) is 7.67. The Morgan fingerprint density at radius 2 is 1.83 bits per heavy atom. The minimum atomic E-state index is -0.782. The Labute approximate surface area is 141 Å². The molecule has 2 N–H and O–H groups in total. The van der Waals surface area contributed by atoms with Gasteiger partial charge in [-0.1, -0.05) is 32.4 Å². The number of amides is 1. The number of carbonyl (C=O) groups excluding carboxylic acids is 3. The number of ether oxygens (including phenoxy) is 2. The van der Waals surface area contributed by atoms with E-state index in [1.54, 1.807) is 12.1 Å². The molecule has 1 aromatic carbocycles. The van der Waals surface area contributed by atoms with Gasteiger partial charge in [0.15, 0.2) is 6.61 Å². The fraction of sp³-hybridized carbons (Fsp3) is 0.471. The molecule has 2 atom stereocenters. The number of methoxy groups -OCH3 is 1. The van der Waals surface area contributed by atoms with Gasteiger partial charge >= 0.3 is 11.9 Å². The van der Waals surface area contributed by atoms with Crippen LogP contribution in [0.5, 0.6) is 0 Å². The van der Waals surface area contributed by atoms with Crippen LogP contribution in [-0.4, -0.2) is 42.7 Å². The lowest BCUT2D eigenvalue weighted by Crippen LogP contribution is -2.47. The molecule has 0 aromatic heterocycles. The number of hydrogen-bond donors (Lipinski definition) is 2. The number of aliphatic hydroxyl groups excluding tert-OH is 1. The van der Waals surface area contributed by atoms with Crippen molar-refractivity contribution in [3.05, 3.63) is 35.4 Å². The van der Waals surface area contributed by atoms with E-state index >= 15 is 0 Å². The van der Waals surface area contributed by atoms with E-state index in [1.165, 1.54) is 19.2 Å². The molecule has 24 heavy (non-hydrogen) atoms. The number of carbonyl (C=O) groups is 3. The second-order valence-electron chi connectivity index (χ2n) is 5.39. The number of rotatable bonds is 8. The molecular formula is C17H23NO6. The van der Waals surface area contributed by atoms with Crippen molar-refractivity contribution in [1.82, 2.24) is 5.32 Å². The zero-order chi connectivity index (χ0) is 18.1. The summed E-state index contributed by atoms with van der Waals surface area (Å²) in [5, 5.41) is 11.5. The number of benzene rings is 1. The third kappa shape index (κ3) is 5.66. The van der Waals surface area contributed by atoms with E-state index in [4.69, 9.17) is 9.84 Å². The summed E-state index contributed by atoms with van der Waals surface area (Å²) in [7, 11) is 1.25. The molecule has 0 saturated carbocycles. The van der Waals surface area contributed by atoms with Crippen LogP contribution in [0.4, 0.5) is 0 Å². The van der Waals surface area contributed by atoms with E-state index in [2.05, 4.69) is 10.1 Å². The second kappa shape index (κ2) is 9.67. The van der Waals surface area contributed by atoms with Crippen LogP contribution in [0.3, 0.4) is 0 Å². The van der Waals surface area contributed by atoms with Crippen LogP contribution < -0.4 is 5.32 Å². The fourth-order valence-corrected chi connectivity index (χ4v) is 1.97. The molecule has 1 amide bonds. The molecule has 0 radical (unpaired) electrons. The molecule has 0 aliphatic rings. The molecular weight excluding hydrogens is 314 g/mol. The standard InChI is InChI=1S/C17H23NO6/c1-4-11(2)15(17(22)23-3)18-14(20)10-24-16(21)13-7-5-12(9-19)6-8-13/h5-8,11,15,19H,4,9-10H2,1-3H3,(H,18,20)/t11-,15+/m0/s1. The lowest BCUT2D eigenvalue weighted by molar-refractivity contribution is -0.147. The van der Waals surface area contributed by atoms with Gasteiger partial charge in [0.1, 0.15) is 6.04 Å². The summed E-state index contributed by atoms with van der Waals surface area (Å²) in [6.07, 6.45) is 0.678. The van der Waals surface area contributed by atoms with Crippen LogP contribution in [-0.2, 0) is 25.7 Å². The molecule has 0 aliphatic carbocycles. The van der Waals surface area contributed by atoms with Crippen LogP contribution in [0.2, 0.25) is 0 Å². The van der Waals surface area contributed by atoms with Gasteiger partial charge in [0.2, 0.25) is 0 Å². The SMILES string of the molecule is CC[C@H](C)[C@@H](NC(=O)COC(=O)c1ccc(CO)cc1)C(=O)OC. The van der Waals surface area contributed by atoms with Crippen molar-refractivity contribution in [1.29, 1.82) is 0 Å². The first-order chi connectivity index (χ1) is 11.4. The molecule has 0 fully saturated rings. The number of aliphatic hydroxyl groups is 1. The van der Waals surface area contributed by atoms with Gasteiger partial charge in [0.05, 0.1) is 19.3 Å². The van der Waals surface area contributed by atoms with Gasteiger partial charge in [-0.3, -0.25) is 4.79 Å². The van der Waals surface area contributed by atoms with Crippen LogP contribution in [0.1, 0.15) is 36.2 Å². The molecule has 7 nitrogen and oxygen atoms in total. The van der Waals surface area contributed by atoms with E-state index in [1.807, 2.05) is 13.8 Å². The molecule has 7 heteroatoms. The van der Waals surface area contributed by atoms with E-state index in [9.17, 15) is 14.4 Å². The van der Waals surface area contributed by atoms with Crippen LogP contribution in [0.25, 0.3) is 0 Å². The zero-order valence-electron chi connectivity index (χ0n) is 14.1. The quantitative estimate of drug-likeness (QED) is 0.687. The normalized spacial score (nSPS) is 12.8. The van der Waals surface area contributed by atoms with Crippen LogP contribution >= 0.6 is 0 Å². The molecule has 0 bridgehead atoms. The van der Waals surface area contributed by atoms with E-state index in [0.29, 0.717) is 12.0 Å². The van der Waals surface area contributed by atoms with Crippen molar-refractivity contribution in [3.63, 3.8) is 0 Å². The Morgan fingerprint density at radius 1 is 1.21 bits per heavy atom. The highest BCUT2D eigenvalue weighted by atomic mass is 16.5. The summed E-state index contributed by atoms with van der Waals surface area (Å²) in [6, 6.07) is 5.40. The first kappa shape index (κ1) is 19.6. The van der Waals surface area contributed by atoms with Crippen LogP contribution in [0.15, 0.2) is 24.3 Å². The van der Waals surface area contributed by atoms with Gasteiger partial charge in [0.25, 0.3) is 5.91 Å². The van der Waals surface area contributed by atoms with Gasteiger partial charge in [-0.2, -0.15) is 0 Å². The molecule has 0 saturated heterocycles. The van der Waals surface area contributed by atoms with Crippen LogP contribution in [0, 0.1) is 5.92 Å². The van der Waals surface area contributed by atoms with E-state index in [0.717, 1.165) is 0 Å². The summed E-state index contributed by atoms with van der Waals surface area (Å²) in [5.74, 6) is -1.88. The molecule has 132 valence electrons. The van der Waals surface area contributed by atoms with Gasteiger partial charge < -0.3 is 19.9 Å². The molecule has 1 aromatic rings. The Balaban J connectivity index is 2.57. The minimum absolute atomic E-state index is 0.108. The zero-order valence-corrected chi connectivity index (χ0v) is 14.1. The van der Waals surface area contributed by atoms with Gasteiger partial charge in [-0.05, 0) is 23.6 Å². The lowest BCUT2D eigenvalue weighted by Gasteiger charge is -2.21. The summed E-state index contributed by atoms with van der Waals surface area (Å²) in [6.45, 7) is 3.09. The smallest absolute Gasteiger partial charge is 0.338 e. The monoisotopic (exact) mass is 337 g/mol. The van der Waals surface area contributed by atoms with Crippen molar-refractivity contribution >= 4 is 17.8 Å². The molecule has 0 heterocycles. The van der Waals surface area contributed by atoms with Crippen molar-refractivity contribution < 1.29 is 29.0 Å². The number of hydrogen-bond acceptors (Lipinski definition) is 6. The summed E-state index contributed by atoms with van der Waals surface area (Å²) in [5.41, 5.74) is 0.935. The van der Waals surface area contributed by atoms with E-state index in [-0.39, 0.29) is 18.1 Å². The maximum absolute atomic E-state index is 11.9. The maximum Gasteiger partial charge on any atom is 0.338 e. The Hall–Kier alpha value is -2.41. The average Bonchev–Trinajstić information content (AvgIpc) is 2.62.